The zero-order valence-electron chi connectivity index (χ0n) is 17.8. The van der Waals surface area contributed by atoms with Crippen molar-refractivity contribution in [3.63, 3.8) is 0 Å². The third-order valence-corrected chi connectivity index (χ3v) is 5.23. The summed E-state index contributed by atoms with van der Waals surface area (Å²) in [6.45, 7) is 4.83. The number of nitrogens with one attached hydrogen (secondary N) is 1. The highest BCUT2D eigenvalue weighted by molar-refractivity contribution is 5.90. The fourth-order valence-electron chi connectivity index (χ4n) is 3.58. The molecule has 1 aliphatic heterocycles. The zero-order valence-corrected chi connectivity index (χ0v) is 17.8. The van der Waals surface area contributed by atoms with Gasteiger partial charge in [0.25, 0.3) is 0 Å². The number of rotatable bonds is 5. The van der Waals surface area contributed by atoms with Crippen LogP contribution < -0.4 is 10.3 Å². The lowest BCUT2D eigenvalue weighted by Crippen LogP contribution is -2.37. The molecule has 1 aromatic carbocycles. The quantitative estimate of drug-likeness (QED) is 0.385. The normalized spacial score (nSPS) is 14.2. The third-order valence-electron chi connectivity index (χ3n) is 5.23. The second-order valence-electron chi connectivity index (χ2n) is 7.57. The van der Waals surface area contributed by atoms with Crippen molar-refractivity contribution in [1.82, 2.24) is 19.9 Å². The van der Waals surface area contributed by atoms with E-state index in [4.69, 9.17) is 19.7 Å². The van der Waals surface area contributed by atoms with Gasteiger partial charge in [0.05, 0.1) is 30.5 Å². The van der Waals surface area contributed by atoms with Crippen LogP contribution in [0.25, 0.3) is 22.3 Å². The molecule has 0 spiro atoms. The van der Waals surface area contributed by atoms with Crippen molar-refractivity contribution < 1.29 is 4.74 Å². The Hall–Kier alpha value is -3.91. The van der Waals surface area contributed by atoms with Crippen molar-refractivity contribution in [3.05, 3.63) is 72.1 Å². The highest BCUT2D eigenvalue weighted by atomic mass is 16.5. The smallest absolute Gasteiger partial charge is 0.229 e. The molecule has 4 aromatic rings. The summed E-state index contributed by atoms with van der Waals surface area (Å²) in [6.07, 6.45) is 5.33. The maximum atomic E-state index is 5.48. The van der Waals surface area contributed by atoms with E-state index in [1.165, 1.54) is 5.56 Å². The van der Waals surface area contributed by atoms with Gasteiger partial charge in [0.1, 0.15) is 0 Å². The number of ether oxygens (including phenoxy) is 1. The molecule has 1 N–H and O–H groups in total. The van der Waals surface area contributed by atoms with E-state index in [1.54, 1.807) is 18.6 Å². The van der Waals surface area contributed by atoms with Gasteiger partial charge in [-0.3, -0.25) is 10.4 Å². The van der Waals surface area contributed by atoms with Gasteiger partial charge in [-0.05, 0) is 36.8 Å². The number of nitrogens with zero attached hydrogens (tertiary/aromatic N) is 6. The molecule has 0 saturated carbocycles. The Balaban J connectivity index is 1.53. The van der Waals surface area contributed by atoms with E-state index in [9.17, 15) is 0 Å². The van der Waals surface area contributed by atoms with E-state index in [2.05, 4.69) is 39.5 Å². The average Bonchev–Trinajstić information content (AvgIpc) is 2.84. The number of aryl methyl sites for hydroxylation is 1. The molecule has 1 aliphatic rings. The van der Waals surface area contributed by atoms with Crippen molar-refractivity contribution in [2.24, 2.45) is 5.10 Å². The summed E-state index contributed by atoms with van der Waals surface area (Å²) >= 11 is 0. The van der Waals surface area contributed by atoms with Crippen LogP contribution in [0.15, 0.2) is 66.0 Å². The lowest BCUT2D eigenvalue weighted by Gasteiger charge is -2.27. The Morgan fingerprint density at radius 3 is 2.75 bits per heavy atom. The molecule has 0 unspecified atom stereocenters. The number of aromatic nitrogens is 4. The summed E-state index contributed by atoms with van der Waals surface area (Å²) in [6, 6.07) is 16.0. The lowest BCUT2D eigenvalue weighted by molar-refractivity contribution is 0.122. The van der Waals surface area contributed by atoms with E-state index in [-0.39, 0.29) is 0 Å². The molecule has 1 saturated heterocycles. The number of hydrogen-bond acceptors (Lipinski definition) is 8. The predicted octanol–water partition coefficient (Wildman–Crippen LogP) is 3.68. The number of benzene rings is 1. The maximum Gasteiger partial charge on any atom is 0.229 e. The molecular formula is C24H23N7O. The van der Waals surface area contributed by atoms with Crippen molar-refractivity contribution >= 4 is 29.0 Å². The van der Waals surface area contributed by atoms with Gasteiger partial charge in [-0.25, -0.2) is 4.98 Å². The summed E-state index contributed by atoms with van der Waals surface area (Å²) in [7, 11) is 0. The molecule has 5 rings (SSSR count). The molecular weight excluding hydrogens is 402 g/mol. The number of pyridine rings is 2. The van der Waals surface area contributed by atoms with Gasteiger partial charge in [-0.15, -0.1) is 0 Å². The average molecular weight is 425 g/mol. The largest absolute Gasteiger partial charge is 0.378 e. The molecule has 0 bridgehead atoms. The van der Waals surface area contributed by atoms with Gasteiger partial charge in [-0.2, -0.15) is 15.1 Å². The Morgan fingerprint density at radius 1 is 1.03 bits per heavy atom. The van der Waals surface area contributed by atoms with Crippen LogP contribution >= 0.6 is 0 Å². The van der Waals surface area contributed by atoms with Crippen LogP contribution in [-0.2, 0) is 4.74 Å². The van der Waals surface area contributed by atoms with Gasteiger partial charge < -0.3 is 9.64 Å². The molecule has 3 aromatic heterocycles. The molecule has 8 heteroatoms. The Kier molecular flexibility index (Phi) is 5.67. The van der Waals surface area contributed by atoms with Crippen molar-refractivity contribution in [3.8, 4) is 11.3 Å². The van der Waals surface area contributed by atoms with Crippen LogP contribution in [0.4, 0.5) is 11.8 Å². The molecule has 32 heavy (non-hydrogen) atoms. The number of hydrazone groups is 1. The van der Waals surface area contributed by atoms with Crippen LogP contribution in [-0.4, -0.2) is 52.5 Å². The standard InChI is InChI=1S/C24H23N7O/c1-17-4-2-5-18(14-17)15-26-30-23-20-7-8-21(19-6-3-9-25-16-19)27-22(20)28-24(29-23)31-10-12-32-13-11-31/h2-9,14-16H,10-13H2,1H3,(H,27,28,29,30)/b26-15+. The first-order chi connectivity index (χ1) is 15.8. The van der Waals surface area contributed by atoms with Gasteiger partial charge in [0.15, 0.2) is 11.5 Å². The molecule has 4 heterocycles. The SMILES string of the molecule is Cc1cccc(/C=N/Nc2nc(N3CCOCC3)nc3nc(-c4cccnc4)ccc23)c1. The minimum Gasteiger partial charge on any atom is -0.378 e. The van der Waals surface area contributed by atoms with E-state index in [1.807, 2.05) is 36.4 Å². The zero-order chi connectivity index (χ0) is 21.8. The number of anilines is 2. The number of fused-ring (bicyclic) bond motifs is 1. The summed E-state index contributed by atoms with van der Waals surface area (Å²) in [4.78, 5) is 20.6. The fourth-order valence-corrected chi connectivity index (χ4v) is 3.58. The maximum absolute atomic E-state index is 5.48. The molecule has 0 radical (unpaired) electrons. The molecule has 8 nitrogen and oxygen atoms in total. The summed E-state index contributed by atoms with van der Waals surface area (Å²) in [5.41, 5.74) is 7.66. The fraction of sp³-hybridized carbons (Fsp3) is 0.208. The highest BCUT2D eigenvalue weighted by Gasteiger charge is 2.17. The van der Waals surface area contributed by atoms with Crippen LogP contribution in [0.5, 0.6) is 0 Å². The van der Waals surface area contributed by atoms with Crippen LogP contribution in [0, 0.1) is 6.92 Å². The van der Waals surface area contributed by atoms with E-state index in [0.717, 1.165) is 35.3 Å². The minimum atomic E-state index is 0.608. The van der Waals surface area contributed by atoms with E-state index >= 15 is 0 Å². The van der Waals surface area contributed by atoms with Crippen LogP contribution in [0.2, 0.25) is 0 Å². The van der Waals surface area contributed by atoms with E-state index in [0.29, 0.717) is 30.6 Å². The Bertz CT molecular complexity index is 1250. The first-order valence-corrected chi connectivity index (χ1v) is 10.5. The molecule has 0 amide bonds. The van der Waals surface area contributed by atoms with Crippen molar-refractivity contribution in [2.75, 3.05) is 36.6 Å². The van der Waals surface area contributed by atoms with Gasteiger partial charge in [0, 0.05) is 31.0 Å². The highest BCUT2D eigenvalue weighted by Crippen LogP contribution is 2.26. The Morgan fingerprint density at radius 2 is 1.94 bits per heavy atom. The van der Waals surface area contributed by atoms with Crippen LogP contribution in [0.3, 0.4) is 0 Å². The van der Waals surface area contributed by atoms with Crippen molar-refractivity contribution in [2.45, 2.75) is 6.92 Å². The first-order valence-electron chi connectivity index (χ1n) is 10.5. The number of morpholine rings is 1. The van der Waals surface area contributed by atoms with Crippen LogP contribution in [0.1, 0.15) is 11.1 Å². The third kappa shape index (κ3) is 4.40. The summed E-state index contributed by atoms with van der Waals surface area (Å²) in [5.74, 6) is 1.23. The molecule has 1 fully saturated rings. The molecule has 160 valence electrons. The Labute approximate surface area is 186 Å². The second-order valence-corrected chi connectivity index (χ2v) is 7.57. The van der Waals surface area contributed by atoms with Crippen molar-refractivity contribution in [1.29, 1.82) is 0 Å². The summed E-state index contributed by atoms with van der Waals surface area (Å²) < 4.78 is 5.48. The number of hydrogen-bond donors (Lipinski definition) is 1. The predicted molar refractivity (Wildman–Crippen MR) is 126 cm³/mol. The second kappa shape index (κ2) is 9.07. The lowest BCUT2D eigenvalue weighted by atomic mass is 10.1. The monoisotopic (exact) mass is 425 g/mol. The van der Waals surface area contributed by atoms with Gasteiger partial charge in [-0.1, -0.05) is 29.8 Å². The minimum absolute atomic E-state index is 0.608. The molecule has 0 aliphatic carbocycles. The van der Waals surface area contributed by atoms with E-state index < -0.39 is 0 Å². The van der Waals surface area contributed by atoms with Gasteiger partial charge >= 0.3 is 0 Å². The first kappa shape index (κ1) is 20.0. The molecule has 0 atom stereocenters. The summed E-state index contributed by atoms with van der Waals surface area (Å²) in [5, 5.41) is 5.23. The van der Waals surface area contributed by atoms with Gasteiger partial charge in [0.2, 0.25) is 5.95 Å². The topological polar surface area (TPSA) is 88.4 Å².